The monoisotopic (exact) mass is 599 g/mol. The molecule has 4 N–H and O–H groups in total. The molecule has 3 aromatic carbocycles. The maximum atomic E-state index is 13.4. The molecule has 6 heteroatoms. The van der Waals surface area contributed by atoms with Crippen LogP contribution in [0.5, 0.6) is 0 Å². The van der Waals surface area contributed by atoms with Crippen molar-refractivity contribution in [3.63, 3.8) is 0 Å². The summed E-state index contributed by atoms with van der Waals surface area (Å²) in [5.74, 6) is 2.46. The predicted octanol–water partition coefficient (Wildman–Crippen LogP) is 7.99. The number of piperidine rings is 1. The van der Waals surface area contributed by atoms with Gasteiger partial charge in [-0.15, -0.1) is 0 Å². The van der Waals surface area contributed by atoms with E-state index < -0.39 is 0 Å². The lowest BCUT2D eigenvalue weighted by molar-refractivity contribution is -0.119. The Morgan fingerprint density at radius 1 is 0.933 bits per heavy atom. The molecular formula is C39H45N5O. The first kappa shape index (κ1) is 27.8. The highest BCUT2D eigenvalue weighted by Gasteiger charge is 2.51. The fraction of sp³-hybridized carbons (Fsp3) is 0.487. The van der Waals surface area contributed by atoms with Gasteiger partial charge < -0.3 is 20.9 Å². The molecule has 2 saturated carbocycles. The molecule has 3 aliphatic carbocycles. The second kappa shape index (κ2) is 10.0. The minimum absolute atomic E-state index is 0.0818. The molecule has 4 fully saturated rings. The number of nitrogens with one attached hydrogen (secondary N) is 4. The summed E-state index contributed by atoms with van der Waals surface area (Å²) in [6.07, 6.45) is 11.1. The number of hydrogen-bond donors (Lipinski definition) is 4. The average molecular weight is 600 g/mol. The molecule has 1 amide bonds. The lowest BCUT2D eigenvalue weighted by atomic mass is 9.81. The van der Waals surface area contributed by atoms with Crippen LogP contribution < -0.4 is 16.0 Å². The van der Waals surface area contributed by atoms with Crippen molar-refractivity contribution in [2.75, 3.05) is 5.32 Å². The molecule has 3 unspecified atom stereocenters. The first-order chi connectivity index (χ1) is 21.8. The van der Waals surface area contributed by atoms with Gasteiger partial charge in [-0.05, 0) is 120 Å². The van der Waals surface area contributed by atoms with Crippen LogP contribution in [0.15, 0.2) is 54.6 Å². The van der Waals surface area contributed by atoms with Crippen LogP contribution in [0.25, 0.3) is 33.3 Å². The molecule has 9 rings (SSSR count). The summed E-state index contributed by atoms with van der Waals surface area (Å²) in [6.45, 7) is 6.87. The van der Waals surface area contributed by atoms with Crippen molar-refractivity contribution < 1.29 is 4.79 Å². The number of anilines is 1. The van der Waals surface area contributed by atoms with E-state index in [1.165, 1.54) is 71.9 Å². The third kappa shape index (κ3) is 4.35. The molecule has 4 aromatic rings. The molecule has 2 saturated heterocycles. The van der Waals surface area contributed by atoms with Crippen molar-refractivity contribution in [3.05, 3.63) is 71.5 Å². The number of amides is 1. The number of rotatable bonds is 5. The van der Waals surface area contributed by atoms with Gasteiger partial charge >= 0.3 is 0 Å². The molecule has 1 aromatic heterocycles. The van der Waals surface area contributed by atoms with Gasteiger partial charge in [0, 0.05) is 22.7 Å². The predicted molar refractivity (Wildman–Crippen MR) is 181 cm³/mol. The summed E-state index contributed by atoms with van der Waals surface area (Å²) in [5, 5.41) is 10.9. The second-order valence-corrected chi connectivity index (χ2v) is 15.4. The quantitative estimate of drug-likeness (QED) is 0.187. The Balaban J connectivity index is 0.964. The SMILES string of the molecule is CCC12CC[C@@H](C1)[C@@H](C(=O)Nc1ccc3c(c1)C(C)(C)c1cc(-c4ccc5nc([C@@H]6CC7CCCCC7N6)[nH]c5c4)ccc1-3)N2. The summed E-state index contributed by atoms with van der Waals surface area (Å²) < 4.78 is 0. The van der Waals surface area contributed by atoms with Crippen LogP contribution in [-0.2, 0) is 10.2 Å². The van der Waals surface area contributed by atoms with Gasteiger partial charge in [0.15, 0.2) is 0 Å². The molecule has 2 aliphatic heterocycles. The van der Waals surface area contributed by atoms with Crippen LogP contribution in [0, 0.1) is 11.8 Å². The maximum absolute atomic E-state index is 13.4. The van der Waals surface area contributed by atoms with E-state index in [4.69, 9.17) is 4.98 Å². The number of imidazole rings is 1. The van der Waals surface area contributed by atoms with Crippen molar-refractivity contribution in [1.82, 2.24) is 20.6 Å². The molecule has 0 spiro atoms. The van der Waals surface area contributed by atoms with E-state index in [-0.39, 0.29) is 22.9 Å². The van der Waals surface area contributed by atoms with Gasteiger partial charge in [-0.3, -0.25) is 4.79 Å². The van der Waals surface area contributed by atoms with Crippen LogP contribution in [0.1, 0.15) is 102 Å². The number of aromatic amines is 1. The smallest absolute Gasteiger partial charge is 0.241 e. The van der Waals surface area contributed by atoms with Gasteiger partial charge in [0.2, 0.25) is 5.91 Å². The van der Waals surface area contributed by atoms with Crippen LogP contribution in [0.3, 0.4) is 0 Å². The highest BCUT2D eigenvalue weighted by atomic mass is 16.2. The number of aromatic nitrogens is 2. The Morgan fingerprint density at radius 2 is 1.71 bits per heavy atom. The van der Waals surface area contributed by atoms with Gasteiger partial charge in [0.25, 0.3) is 0 Å². The Kier molecular flexibility index (Phi) is 6.18. The first-order valence-corrected chi connectivity index (χ1v) is 17.4. The van der Waals surface area contributed by atoms with E-state index in [9.17, 15) is 4.79 Å². The Bertz CT molecular complexity index is 1820. The minimum atomic E-state index is -0.172. The molecule has 0 radical (unpaired) electrons. The van der Waals surface area contributed by atoms with Crippen molar-refractivity contribution in [1.29, 1.82) is 0 Å². The highest BCUT2D eigenvalue weighted by molar-refractivity contribution is 5.96. The van der Waals surface area contributed by atoms with E-state index in [1.807, 2.05) is 0 Å². The van der Waals surface area contributed by atoms with Crippen LogP contribution in [-0.4, -0.2) is 33.5 Å². The summed E-state index contributed by atoms with van der Waals surface area (Å²) in [4.78, 5) is 22.1. The van der Waals surface area contributed by atoms with Crippen molar-refractivity contribution in [3.8, 4) is 22.3 Å². The van der Waals surface area contributed by atoms with Crippen molar-refractivity contribution in [2.24, 2.45) is 11.8 Å². The Morgan fingerprint density at radius 3 is 2.53 bits per heavy atom. The number of carbonyl (C=O) groups is 1. The Hall–Kier alpha value is -3.48. The zero-order valence-corrected chi connectivity index (χ0v) is 26.8. The van der Waals surface area contributed by atoms with E-state index >= 15 is 0 Å². The van der Waals surface area contributed by atoms with E-state index in [1.54, 1.807) is 0 Å². The fourth-order valence-corrected chi connectivity index (χ4v) is 9.85. The first-order valence-electron chi connectivity index (χ1n) is 17.4. The van der Waals surface area contributed by atoms with Crippen molar-refractivity contribution in [2.45, 2.75) is 108 Å². The van der Waals surface area contributed by atoms with Crippen molar-refractivity contribution >= 4 is 22.6 Å². The highest BCUT2D eigenvalue weighted by Crippen LogP contribution is 2.51. The number of nitrogens with zero attached hydrogens (tertiary/aromatic N) is 1. The zero-order chi connectivity index (χ0) is 30.5. The molecule has 2 bridgehead atoms. The molecule has 232 valence electrons. The van der Waals surface area contributed by atoms with E-state index in [0.29, 0.717) is 18.0 Å². The maximum Gasteiger partial charge on any atom is 0.241 e. The van der Waals surface area contributed by atoms with E-state index in [0.717, 1.165) is 47.7 Å². The van der Waals surface area contributed by atoms with Crippen LogP contribution >= 0.6 is 0 Å². The Labute approximate surface area is 266 Å². The van der Waals surface area contributed by atoms with Gasteiger partial charge in [-0.2, -0.15) is 0 Å². The standard InChI is InChI=1S/C39H45N5O/c1-4-39-16-15-25(21-39)35(44-39)37(45)40-26-11-13-28-27-12-9-22(17-29(27)38(2,3)30(28)20-26)23-10-14-32-33(18-23)43-36(42-32)34-19-24-7-5-6-8-31(24)41-34/h9-14,17-18,20,24-25,31,34-35,41,44H,4-8,15-16,19,21H2,1-3H3,(H,40,45)(H,42,43)/t24?,25-,31?,34-,35-,39?/m0/s1. The number of hydrogen-bond acceptors (Lipinski definition) is 4. The van der Waals surface area contributed by atoms with Crippen LogP contribution in [0.2, 0.25) is 0 Å². The second-order valence-electron chi connectivity index (χ2n) is 15.4. The average Bonchev–Trinajstić information content (AvgIpc) is 3.88. The molecular weight excluding hydrogens is 554 g/mol. The number of fused-ring (bicyclic) bond motifs is 7. The van der Waals surface area contributed by atoms with Gasteiger partial charge in [0.1, 0.15) is 5.82 Å². The molecule has 3 heterocycles. The summed E-state index contributed by atoms with van der Waals surface area (Å²) >= 11 is 0. The van der Waals surface area contributed by atoms with Gasteiger partial charge in [-0.1, -0.05) is 57.9 Å². The summed E-state index contributed by atoms with van der Waals surface area (Å²) in [6, 6.07) is 21.0. The fourth-order valence-electron chi connectivity index (χ4n) is 9.85. The zero-order valence-electron chi connectivity index (χ0n) is 26.8. The third-order valence-corrected chi connectivity index (χ3v) is 12.5. The number of benzene rings is 3. The molecule has 5 aliphatic rings. The summed E-state index contributed by atoms with van der Waals surface area (Å²) in [7, 11) is 0. The summed E-state index contributed by atoms with van der Waals surface area (Å²) in [5.41, 5.74) is 10.6. The van der Waals surface area contributed by atoms with E-state index in [2.05, 4.69) is 96.3 Å². The lowest BCUT2D eigenvalue weighted by Crippen LogP contribution is -2.50. The number of carbonyl (C=O) groups excluding carboxylic acids is 1. The lowest BCUT2D eigenvalue weighted by Gasteiger charge is -2.30. The minimum Gasteiger partial charge on any atom is -0.341 e. The van der Waals surface area contributed by atoms with Gasteiger partial charge in [-0.25, -0.2) is 4.98 Å². The van der Waals surface area contributed by atoms with Crippen LogP contribution in [0.4, 0.5) is 5.69 Å². The molecule has 6 atom stereocenters. The number of H-pyrrole nitrogens is 1. The third-order valence-electron chi connectivity index (χ3n) is 12.5. The normalized spacial score (nSPS) is 30.8. The topological polar surface area (TPSA) is 81.8 Å². The molecule has 6 nitrogen and oxygen atoms in total. The molecule has 45 heavy (non-hydrogen) atoms. The largest absolute Gasteiger partial charge is 0.341 e. The van der Waals surface area contributed by atoms with Gasteiger partial charge in [0.05, 0.1) is 23.1 Å².